The molecule has 0 radical (unpaired) electrons. The lowest BCUT2D eigenvalue weighted by molar-refractivity contribution is -0.152. The number of anilines is 1. The van der Waals surface area contributed by atoms with E-state index in [4.69, 9.17) is 29.0 Å². The maximum atomic E-state index is 15.5. The van der Waals surface area contributed by atoms with Gasteiger partial charge >= 0.3 is 13.7 Å². The molecule has 2 aliphatic rings. The SMILES string of the molecule is COc1nc(N)nc2c1ncn2[C@@H]1O[C@H](COP(=O)(N[C@@H](C)C(=O)OC2CCCCC2)Oc2cccc3ccccc23)[C@@H](O)[C@H]1F. The van der Waals surface area contributed by atoms with Crippen molar-refractivity contribution in [3.63, 3.8) is 0 Å². The molecule has 1 saturated carbocycles. The number of aliphatic hydroxyl groups excluding tert-OH is 1. The molecule has 2 fully saturated rings. The van der Waals surface area contributed by atoms with E-state index in [1.54, 1.807) is 24.3 Å². The number of methoxy groups -OCH3 is 1. The molecule has 2 aromatic carbocycles. The maximum absolute atomic E-state index is 15.5. The Hall–Kier alpha value is -3.88. The molecular formula is C30H36FN6O8P. The fraction of sp³-hybridized carbons (Fsp3) is 0.467. The zero-order valence-corrected chi connectivity index (χ0v) is 26.2. The summed E-state index contributed by atoms with van der Waals surface area (Å²) in [4.78, 5) is 25.3. The number of imidazole rings is 1. The number of halogens is 1. The largest absolute Gasteiger partial charge is 0.479 e. The number of fused-ring (bicyclic) bond motifs is 2. The van der Waals surface area contributed by atoms with Crippen LogP contribution in [0.15, 0.2) is 48.8 Å². The van der Waals surface area contributed by atoms with E-state index in [0.29, 0.717) is 5.39 Å². The molecule has 1 aliphatic heterocycles. The standard InChI is InChI=1S/C30H36FN6O8P/c1-17(29(39)43-19-11-4-3-5-12-19)36-46(40,45-21-14-8-10-18-9-6-7-13-20(18)21)42-15-22-25(38)23(31)28(44-22)37-16-33-24-26(37)34-30(32)35-27(24)41-2/h6-10,13-14,16-17,19,22-23,25,28,38H,3-5,11-12,15H2,1-2H3,(H,36,40)(H2,32,34,35)/t17-,22+,23+,25+,28+,46?/m0/s1. The van der Waals surface area contributed by atoms with E-state index in [2.05, 4.69) is 20.0 Å². The highest BCUT2D eigenvalue weighted by atomic mass is 31.2. The molecule has 3 heterocycles. The number of carbonyl (C=O) groups is 1. The highest BCUT2D eigenvalue weighted by molar-refractivity contribution is 7.52. The quantitative estimate of drug-likeness (QED) is 0.154. The second-order valence-corrected chi connectivity index (χ2v) is 13.0. The van der Waals surface area contributed by atoms with Gasteiger partial charge in [0, 0.05) is 5.39 Å². The lowest BCUT2D eigenvalue weighted by Crippen LogP contribution is -2.38. The Bertz CT molecular complexity index is 1750. The van der Waals surface area contributed by atoms with Crippen molar-refractivity contribution in [2.45, 2.75) is 75.8 Å². The number of carbonyl (C=O) groups excluding carboxylic acids is 1. The lowest BCUT2D eigenvalue weighted by Gasteiger charge is -2.27. The van der Waals surface area contributed by atoms with Crippen molar-refractivity contribution < 1.29 is 42.1 Å². The summed E-state index contributed by atoms with van der Waals surface area (Å²) in [5.74, 6) is -0.425. The van der Waals surface area contributed by atoms with E-state index >= 15 is 4.39 Å². The Morgan fingerprint density at radius 1 is 1.20 bits per heavy atom. The minimum atomic E-state index is -4.38. The average Bonchev–Trinajstić information content (AvgIpc) is 3.59. The minimum Gasteiger partial charge on any atom is -0.479 e. The van der Waals surface area contributed by atoms with E-state index in [1.807, 2.05) is 18.2 Å². The van der Waals surface area contributed by atoms with Gasteiger partial charge in [0.25, 0.3) is 0 Å². The smallest absolute Gasteiger partial charge is 0.459 e. The molecule has 14 nitrogen and oxygen atoms in total. The van der Waals surface area contributed by atoms with Crippen molar-refractivity contribution >= 4 is 41.6 Å². The number of nitrogens with zero attached hydrogens (tertiary/aromatic N) is 4. The second-order valence-electron chi connectivity index (χ2n) is 11.3. The third-order valence-electron chi connectivity index (χ3n) is 8.09. The Kier molecular flexibility index (Phi) is 9.39. The van der Waals surface area contributed by atoms with Crippen molar-refractivity contribution in [1.82, 2.24) is 24.6 Å². The summed E-state index contributed by atoms with van der Waals surface area (Å²) < 4.78 is 59.6. The first kappa shape index (κ1) is 32.1. The number of esters is 1. The van der Waals surface area contributed by atoms with Gasteiger partial charge in [-0.05, 0) is 44.1 Å². The summed E-state index contributed by atoms with van der Waals surface area (Å²) in [7, 11) is -3.00. The van der Waals surface area contributed by atoms with E-state index in [9.17, 15) is 14.5 Å². The Balaban J connectivity index is 1.22. The molecule has 1 saturated heterocycles. The molecule has 0 bridgehead atoms. The van der Waals surface area contributed by atoms with Crippen molar-refractivity contribution in [2.24, 2.45) is 0 Å². The summed E-state index contributed by atoms with van der Waals surface area (Å²) in [6.07, 6.45) is -0.729. The molecule has 6 atom stereocenters. The lowest BCUT2D eigenvalue weighted by atomic mass is 9.98. The average molecular weight is 659 g/mol. The molecule has 0 spiro atoms. The zero-order chi connectivity index (χ0) is 32.4. The predicted molar refractivity (Wildman–Crippen MR) is 165 cm³/mol. The number of aromatic nitrogens is 4. The number of rotatable bonds is 11. The molecule has 246 valence electrons. The van der Waals surface area contributed by atoms with Gasteiger partial charge in [0.05, 0.1) is 20.0 Å². The van der Waals surface area contributed by atoms with Gasteiger partial charge in [0.2, 0.25) is 11.8 Å². The number of aliphatic hydroxyl groups is 1. The Morgan fingerprint density at radius 3 is 2.74 bits per heavy atom. The topological polar surface area (TPSA) is 182 Å². The normalized spacial score (nSPS) is 24.1. The van der Waals surface area contributed by atoms with Gasteiger partial charge in [-0.2, -0.15) is 15.1 Å². The molecule has 1 aliphatic carbocycles. The molecule has 16 heteroatoms. The van der Waals surface area contributed by atoms with Crippen LogP contribution in [0.1, 0.15) is 45.3 Å². The summed E-state index contributed by atoms with van der Waals surface area (Å²) in [6, 6.07) is 11.4. The van der Waals surface area contributed by atoms with Crippen LogP contribution in [0, 0.1) is 0 Å². The first-order valence-corrected chi connectivity index (χ1v) is 16.6. The second kappa shape index (κ2) is 13.5. The number of hydrogen-bond acceptors (Lipinski definition) is 12. The van der Waals surface area contributed by atoms with Gasteiger partial charge in [0.1, 0.15) is 30.1 Å². The Morgan fingerprint density at radius 2 is 1.96 bits per heavy atom. The summed E-state index contributed by atoms with van der Waals surface area (Å²) in [6.45, 7) is 0.929. The van der Waals surface area contributed by atoms with Gasteiger partial charge < -0.3 is 29.6 Å². The molecule has 2 aromatic heterocycles. The van der Waals surface area contributed by atoms with Crippen molar-refractivity contribution in [3.05, 3.63) is 48.8 Å². The first-order valence-electron chi connectivity index (χ1n) is 15.1. The van der Waals surface area contributed by atoms with Gasteiger partial charge in [-0.15, -0.1) is 0 Å². The zero-order valence-electron chi connectivity index (χ0n) is 25.3. The number of nitrogens with one attached hydrogen (secondary N) is 1. The Labute approximate surface area is 263 Å². The van der Waals surface area contributed by atoms with Crippen molar-refractivity contribution in [2.75, 3.05) is 19.5 Å². The molecule has 4 aromatic rings. The van der Waals surface area contributed by atoms with Gasteiger partial charge in [-0.3, -0.25) is 13.9 Å². The van der Waals surface area contributed by atoms with Crippen LogP contribution in [-0.4, -0.2) is 74.8 Å². The maximum Gasteiger partial charge on any atom is 0.459 e. The highest BCUT2D eigenvalue weighted by Crippen LogP contribution is 2.48. The number of ether oxygens (including phenoxy) is 3. The molecule has 0 amide bonds. The molecule has 6 rings (SSSR count). The minimum absolute atomic E-state index is 0.0869. The van der Waals surface area contributed by atoms with E-state index < -0.39 is 51.0 Å². The molecule has 1 unspecified atom stereocenters. The van der Waals surface area contributed by atoms with Crippen LogP contribution in [0.2, 0.25) is 0 Å². The summed E-state index contributed by atoms with van der Waals surface area (Å²) in [5.41, 5.74) is 6.13. The fourth-order valence-electron chi connectivity index (χ4n) is 5.71. The van der Waals surface area contributed by atoms with E-state index in [1.165, 1.54) is 24.9 Å². The molecular weight excluding hydrogens is 622 g/mol. The highest BCUT2D eigenvalue weighted by Gasteiger charge is 2.47. The molecule has 4 N–H and O–H groups in total. The van der Waals surface area contributed by atoms with Crippen LogP contribution in [0.4, 0.5) is 10.3 Å². The van der Waals surface area contributed by atoms with Gasteiger partial charge in [0.15, 0.2) is 23.6 Å². The van der Waals surface area contributed by atoms with Crippen LogP contribution < -0.4 is 20.1 Å². The third kappa shape index (κ3) is 6.65. The fourth-order valence-corrected chi connectivity index (χ4v) is 7.23. The van der Waals surface area contributed by atoms with Crippen LogP contribution in [-0.2, 0) is 23.4 Å². The van der Waals surface area contributed by atoms with Gasteiger partial charge in [-0.25, -0.2) is 13.9 Å². The third-order valence-corrected chi connectivity index (χ3v) is 9.71. The summed E-state index contributed by atoms with van der Waals surface area (Å²) in [5, 5.41) is 15.0. The monoisotopic (exact) mass is 658 g/mol. The predicted octanol–water partition coefficient (Wildman–Crippen LogP) is 4.22. The van der Waals surface area contributed by atoms with E-state index in [0.717, 1.165) is 37.5 Å². The summed E-state index contributed by atoms with van der Waals surface area (Å²) >= 11 is 0. The van der Waals surface area contributed by atoms with Crippen LogP contribution in [0.25, 0.3) is 21.9 Å². The van der Waals surface area contributed by atoms with Gasteiger partial charge in [-0.1, -0.05) is 42.8 Å². The van der Waals surface area contributed by atoms with Crippen LogP contribution >= 0.6 is 7.75 Å². The first-order chi connectivity index (χ1) is 22.2. The van der Waals surface area contributed by atoms with Crippen molar-refractivity contribution in [3.8, 4) is 11.6 Å². The number of nitrogens with two attached hydrogens (primary N) is 1. The van der Waals surface area contributed by atoms with Crippen LogP contribution in [0.3, 0.4) is 0 Å². The van der Waals surface area contributed by atoms with Crippen LogP contribution in [0.5, 0.6) is 11.6 Å². The number of alkyl halides is 1. The number of benzene rings is 2. The number of hydrogen-bond donors (Lipinski definition) is 3. The van der Waals surface area contributed by atoms with E-state index in [-0.39, 0.29) is 34.8 Å². The van der Waals surface area contributed by atoms with Crippen molar-refractivity contribution in [1.29, 1.82) is 0 Å². The molecule has 46 heavy (non-hydrogen) atoms. The number of nitrogen functional groups attached to an aromatic ring is 1.